The first kappa shape index (κ1) is 17.5. The number of rotatable bonds is 8. The predicted molar refractivity (Wildman–Crippen MR) is 78.4 cm³/mol. The monoisotopic (exact) mass is 314 g/mol. The first-order valence-electron chi connectivity index (χ1n) is 6.39. The molecule has 7 heteroatoms. The normalized spacial score (nSPS) is 17.9. The van der Waals surface area contributed by atoms with Crippen LogP contribution in [0.25, 0.3) is 0 Å². The molecule has 6 nitrogen and oxygen atoms in total. The van der Waals surface area contributed by atoms with Gasteiger partial charge in [0.15, 0.2) is 0 Å². The summed E-state index contributed by atoms with van der Waals surface area (Å²) >= 11 is 3.36. The van der Waals surface area contributed by atoms with Crippen molar-refractivity contribution in [2.45, 2.75) is 25.6 Å². The molecule has 0 aromatic carbocycles. The Morgan fingerprint density at radius 1 is 1.57 bits per heavy atom. The Morgan fingerprint density at radius 2 is 2.33 bits per heavy atom. The standard InChI is InChI=1S/C14H18O6S/c1-10(15)12(4-2-3-5-13(16)20-21)18-7-6-11-8-14(17)19-9-11/h2-5,8,10,12,15,21H,6-7,9H2,1H3/b4-2+,5-3-/t10?,12-/m1/s1. The number of cyclic esters (lactones) is 1. The van der Waals surface area contributed by atoms with E-state index in [4.69, 9.17) is 9.47 Å². The molecular weight excluding hydrogens is 296 g/mol. The maximum absolute atomic E-state index is 10.9. The Bertz CT molecular complexity index is 452. The fraction of sp³-hybridized carbons (Fsp3) is 0.429. The van der Waals surface area contributed by atoms with Crippen molar-refractivity contribution in [1.29, 1.82) is 0 Å². The summed E-state index contributed by atoms with van der Waals surface area (Å²) in [6.45, 7) is 2.25. The van der Waals surface area contributed by atoms with Crippen molar-refractivity contribution in [2.24, 2.45) is 0 Å². The zero-order valence-electron chi connectivity index (χ0n) is 11.6. The van der Waals surface area contributed by atoms with Crippen LogP contribution in [0.2, 0.25) is 0 Å². The Hall–Kier alpha value is -1.57. The molecule has 1 rings (SSSR count). The molecular formula is C14H18O6S. The summed E-state index contributed by atoms with van der Waals surface area (Å²) in [6, 6.07) is 0. The average Bonchev–Trinajstić information content (AvgIpc) is 2.86. The second-order valence-electron chi connectivity index (χ2n) is 4.39. The van der Waals surface area contributed by atoms with E-state index >= 15 is 0 Å². The summed E-state index contributed by atoms with van der Waals surface area (Å²) in [4.78, 5) is 21.7. The average molecular weight is 314 g/mol. The highest BCUT2D eigenvalue weighted by Gasteiger charge is 2.15. The molecule has 2 atom stereocenters. The van der Waals surface area contributed by atoms with Crippen molar-refractivity contribution in [3.63, 3.8) is 0 Å². The molecule has 0 saturated carbocycles. The number of esters is 1. The Kier molecular flexibility index (Phi) is 7.81. The lowest BCUT2D eigenvalue weighted by Gasteiger charge is -2.16. The van der Waals surface area contributed by atoms with Gasteiger partial charge in [-0.1, -0.05) is 18.2 Å². The van der Waals surface area contributed by atoms with E-state index in [1.165, 1.54) is 18.2 Å². The highest BCUT2D eigenvalue weighted by molar-refractivity contribution is 7.75. The van der Waals surface area contributed by atoms with Gasteiger partial charge in [-0.05, 0) is 18.9 Å². The predicted octanol–water partition coefficient (Wildman–Crippen LogP) is 1.13. The van der Waals surface area contributed by atoms with Gasteiger partial charge in [0.2, 0.25) is 0 Å². The van der Waals surface area contributed by atoms with Gasteiger partial charge in [-0.2, -0.15) is 0 Å². The molecule has 1 aliphatic rings. The van der Waals surface area contributed by atoms with Gasteiger partial charge in [0.25, 0.3) is 0 Å². The zero-order valence-corrected chi connectivity index (χ0v) is 12.5. The minimum Gasteiger partial charge on any atom is -0.458 e. The smallest absolute Gasteiger partial charge is 0.342 e. The first-order chi connectivity index (χ1) is 10.0. The molecule has 0 aromatic heterocycles. The molecule has 0 aliphatic carbocycles. The fourth-order valence-electron chi connectivity index (χ4n) is 1.58. The number of allylic oxidation sites excluding steroid dienone is 2. The van der Waals surface area contributed by atoms with Crippen LogP contribution in [0.5, 0.6) is 0 Å². The lowest BCUT2D eigenvalue weighted by atomic mass is 10.2. The van der Waals surface area contributed by atoms with Gasteiger partial charge in [-0.15, -0.1) is 0 Å². The Labute approximate surface area is 128 Å². The topological polar surface area (TPSA) is 82.1 Å². The summed E-state index contributed by atoms with van der Waals surface area (Å²) in [5, 5.41) is 9.60. The van der Waals surface area contributed by atoms with Crippen molar-refractivity contribution < 1.29 is 28.4 Å². The number of carbonyl (C=O) groups excluding carboxylic acids is 2. The number of carbonyl (C=O) groups is 2. The lowest BCUT2D eigenvalue weighted by molar-refractivity contribution is -0.135. The molecule has 116 valence electrons. The largest absolute Gasteiger partial charge is 0.458 e. The number of thiol groups is 1. The van der Waals surface area contributed by atoms with Crippen LogP contribution in [0.15, 0.2) is 36.0 Å². The van der Waals surface area contributed by atoms with Gasteiger partial charge in [-0.25, -0.2) is 9.59 Å². The minimum atomic E-state index is -0.707. The van der Waals surface area contributed by atoms with E-state index < -0.39 is 18.2 Å². The highest BCUT2D eigenvalue weighted by Crippen LogP contribution is 2.11. The van der Waals surface area contributed by atoms with Crippen LogP contribution in [-0.2, 0) is 23.2 Å². The van der Waals surface area contributed by atoms with Gasteiger partial charge >= 0.3 is 11.9 Å². The summed E-state index contributed by atoms with van der Waals surface area (Å²) in [6.07, 6.45) is 6.63. The number of aliphatic hydroxyl groups is 1. The van der Waals surface area contributed by atoms with Crippen LogP contribution >= 0.6 is 12.9 Å². The number of hydrogen-bond acceptors (Lipinski definition) is 7. The molecule has 0 aromatic rings. The van der Waals surface area contributed by atoms with Crippen molar-refractivity contribution in [2.75, 3.05) is 13.2 Å². The maximum Gasteiger partial charge on any atom is 0.342 e. The van der Waals surface area contributed by atoms with Crippen LogP contribution in [0, 0.1) is 0 Å². The van der Waals surface area contributed by atoms with E-state index in [0.29, 0.717) is 19.6 Å². The third-order valence-corrected chi connectivity index (χ3v) is 2.84. The van der Waals surface area contributed by atoms with Crippen LogP contribution in [-0.4, -0.2) is 42.5 Å². The molecule has 1 unspecified atom stereocenters. The molecule has 0 radical (unpaired) electrons. The van der Waals surface area contributed by atoms with Crippen molar-refractivity contribution in [3.05, 3.63) is 36.0 Å². The summed E-state index contributed by atoms with van der Waals surface area (Å²) in [5.41, 5.74) is 0.866. The van der Waals surface area contributed by atoms with Crippen LogP contribution in [0.4, 0.5) is 0 Å². The van der Waals surface area contributed by atoms with Gasteiger partial charge in [0.05, 0.1) is 12.7 Å². The second-order valence-corrected chi connectivity index (χ2v) is 4.57. The molecule has 0 amide bonds. The maximum atomic E-state index is 10.9. The minimum absolute atomic E-state index is 0.298. The molecule has 0 spiro atoms. The van der Waals surface area contributed by atoms with Gasteiger partial charge in [0.1, 0.15) is 12.7 Å². The lowest BCUT2D eigenvalue weighted by Crippen LogP contribution is -2.24. The van der Waals surface area contributed by atoms with E-state index in [-0.39, 0.29) is 5.97 Å². The van der Waals surface area contributed by atoms with Crippen molar-refractivity contribution in [1.82, 2.24) is 0 Å². The zero-order chi connectivity index (χ0) is 15.7. The summed E-state index contributed by atoms with van der Waals surface area (Å²) in [7, 11) is 0. The molecule has 0 saturated heterocycles. The van der Waals surface area contributed by atoms with Crippen LogP contribution in [0.3, 0.4) is 0 Å². The quantitative estimate of drug-likeness (QED) is 0.230. The molecule has 1 N–H and O–H groups in total. The Morgan fingerprint density at radius 3 is 2.90 bits per heavy atom. The van der Waals surface area contributed by atoms with Crippen LogP contribution in [0.1, 0.15) is 13.3 Å². The highest BCUT2D eigenvalue weighted by atomic mass is 32.1. The first-order valence-corrected chi connectivity index (χ1v) is 6.75. The summed E-state index contributed by atoms with van der Waals surface area (Å²) in [5.74, 6) is -0.923. The van der Waals surface area contributed by atoms with Crippen molar-refractivity contribution >= 4 is 24.8 Å². The van der Waals surface area contributed by atoms with E-state index in [1.54, 1.807) is 19.1 Å². The summed E-state index contributed by atoms with van der Waals surface area (Å²) < 4.78 is 14.4. The van der Waals surface area contributed by atoms with E-state index in [9.17, 15) is 14.7 Å². The number of ether oxygens (including phenoxy) is 2. The molecule has 1 aliphatic heterocycles. The van der Waals surface area contributed by atoms with Gasteiger partial charge in [-0.3, -0.25) is 0 Å². The third-order valence-electron chi connectivity index (χ3n) is 2.66. The molecule has 21 heavy (non-hydrogen) atoms. The van der Waals surface area contributed by atoms with E-state index in [2.05, 4.69) is 17.1 Å². The Balaban J connectivity index is 2.37. The fourth-order valence-corrected chi connectivity index (χ4v) is 1.64. The molecule has 0 fully saturated rings. The SMILES string of the molecule is CC(O)[C@@H](/C=C/C=C\C(=O)OS)OCCC1=CC(=O)OC1. The molecule has 1 heterocycles. The van der Waals surface area contributed by atoms with Crippen molar-refractivity contribution in [3.8, 4) is 0 Å². The van der Waals surface area contributed by atoms with Gasteiger partial charge in [0, 0.05) is 25.1 Å². The third kappa shape index (κ3) is 7.12. The second kappa shape index (κ2) is 9.38. The number of hydrogen-bond donors (Lipinski definition) is 2. The molecule has 0 bridgehead atoms. The van der Waals surface area contributed by atoms with E-state index in [1.807, 2.05) is 0 Å². The van der Waals surface area contributed by atoms with Crippen LogP contribution < -0.4 is 0 Å². The van der Waals surface area contributed by atoms with Gasteiger partial charge < -0.3 is 18.8 Å². The van der Waals surface area contributed by atoms with E-state index in [0.717, 1.165) is 5.57 Å². The number of aliphatic hydroxyl groups excluding tert-OH is 1.